The molecule has 2 saturated heterocycles. The van der Waals surface area contributed by atoms with Crippen molar-refractivity contribution in [2.24, 2.45) is 16.7 Å². The zero-order valence-corrected chi connectivity index (χ0v) is 48.0. The van der Waals surface area contributed by atoms with E-state index in [0.717, 1.165) is 33.1 Å². The maximum atomic E-state index is 15.4. The quantitative estimate of drug-likeness (QED) is 0.0282. The number of nitrogens with one attached hydrogen (secondary N) is 1. The summed E-state index contributed by atoms with van der Waals surface area (Å²) in [6, 6.07) is 15.0. The van der Waals surface area contributed by atoms with Crippen LogP contribution in [0, 0.1) is 16.7 Å². The Morgan fingerprint density at radius 2 is 1.36 bits per heavy atom. The SMILES string of the molecule is CCCCCCCCCCCCCCCCCC1OC[C@@H](COC(=O)O[C@@H](C(=O)O[C@H]2C[C@@]3(O)[C@@H](O)C4[C@](C)(C(=O)[C@H](OC(C)=O)C(=C2C)C3(C)C)[C@@H](O)C[C@H]2OC[C@@]42OC(C)=O)[C@@H](NC(=O)c2ccccc2)c2ccccc2)O1. The van der Waals surface area contributed by atoms with Gasteiger partial charge in [0.2, 0.25) is 6.10 Å². The molecule has 7 rings (SSSR count). The molecule has 2 bridgehead atoms. The second-order valence-electron chi connectivity index (χ2n) is 23.5. The van der Waals surface area contributed by atoms with Gasteiger partial charge in [-0.25, -0.2) is 9.59 Å². The Morgan fingerprint density at radius 3 is 1.93 bits per heavy atom. The summed E-state index contributed by atoms with van der Waals surface area (Å²) in [4.78, 5) is 84.4. The molecule has 0 spiro atoms. The van der Waals surface area contributed by atoms with Gasteiger partial charge in [0.1, 0.15) is 36.6 Å². The molecule has 18 heteroatoms. The van der Waals surface area contributed by atoms with Crippen LogP contribution in [0.5, 0.6) is 0 Å². The summed E-state index contributed by atoms with van der Waals surface area (Å²) < 4.78 is 47.4. The number of fused-ring (bicyclic) bond motifs is 5. The smallest absolute Gasteiger partial charge is 0.455 e. The lowest BCUT2D eigenvalue weighted by Gasteiger charge is -2.67. The number of ether oxygens (including phenoxy) is 8. The summed E-state index contributed by atoms with van der Waals surface area (Å²) in [6.07, 6.45) is 6.37. The normalized spacial score (nSPS) is 30.2. The number of hydrogen-bond acceptors (Lipinski definition) is 17. The van der Waals surface area contributed by atoms with Gasteiger partial charge >= 0.3 is 24.1 Å². The monoisotopic (exact) mass is 1120 g/mol. The minimum Gasteiger partial charge on any atom is -0.455 e. The van der Waals surface area contributed by atoms with Gasteiger partial charge in [-0.1, -0.05) is 159 Å². The lowest BCUT2D eigenvalue weighted by atomic mass is 9.44. The Balaban J connectivity index is 1.08. The van der Waals surface area contributed by atoms with Gasteiger partial charge in [0.15, 0.2) is 23.8 Å². The second-order valence-corrected chi connectivity index (χ2v) is 23.5. The van der Waals surface area contributed by atoms with Crippen molar-refractivity contribution < 1.29 is 82.0 Å². The average molecular weight is 1120 g/mol. The summed E-state index contributed by atoms with van der Waals surface area (Å²) in [5.41, 5.74) is -7.15. The largest absolute Gasteiger partial charge is 0.509 e. The summed E-state index contributed by atoms with van der Waals surface area (Å²) >= 11 is 0. The van der Waals surface area contributed by atoms with Crippen LogP contribution in [0.25, 0.3) is 0 Å². The molecule has 2 aliphatic heterocycles. The highest BCUT2D eigenvalue weighted by Gasteiger charge is 2.77. The predicted octanol–water partition coefficient (Wildman–Crippen LogP) is 9.03. The zero-order valence-electron chi connectivity index (χ0n) is 48.0. The van der Waals surface area contributed by atoms with Crippen molar-refractivity contribution in [2.45, 2.75) is 230 Å². The molecular formula is C62H87NO17. The minimum atomic E-state index is -2.41. The molecule has 2 aromatic rings. The van der Waals surface area contributed by atoms with Gasteiger partial charge in [-0.3, -0.25) is 19.2 Å². The third kappa shape index (κ3) is 13.8. The summed E-state index contributed by atoms with van der Waals surface area (Å²) in [5.74, 6) is -5.96. The van der Waals surface area contributed by atoms with E-state index in [9.17, 15) is 34.5 Å². The van der Waals surface area contributed by atoms with Crippen LogP contribution in [0.15, 0.2) is 71.8 Å². The maximum Gasteiger partial charge on any atom is 0.509 e. The fraction of sp³-hybridized carbons (Fsp3) is 0.677. The molecule has 18 nitrogen and oxygen atoms in total. The van der Waals surface area contributed by atoms with Crippen molar-refractivity contribution in [3.8, 4) is 0 Å². The highest BCUT2D eigenvalue weighted by Crippen LogP contribution is 2.63. The molecular weight excluding hydrogens is 1030 g/mol. The lowest BCUT2D eigenvalue weighted by molar-refractivity contribution is -0.346. The Labute approximate surface area is 471 Å². The van der Waals surface area contributed by atoms with Crippen molar-refractivity contribution in [2.75, 3.05) is 19.8 Å². The first-order valence-electron chi connectivity index (χ1n) is 29.2. The van der Waals surface area contributed by atoms with Crippen molar-refractivity contribution in [3.05, 3.63) is 82.9 Å². The second kappa shape index (κ2) is 27.7. The van der Waals surface area contributed by atoms with Crippen LogP contribution in [-0.4, -0.2) is 131 Å². The van der Waals surface area contributed by atoms with Crippen LogP contribution in [0.1, 0.15) is 186 Å². The molecule has 0 radical (unpaired) electrons. The summed E-state index contributed by atoms with van der Waals surface area (Å²) in [5, 5.41) is 41.0. The van der Waals surface area contributed by atoms with E-state index >= 15 is 9.59 Å². The summed E-state index contributed by atoms with van der Waals surface area (Å²) in [7, 11) is 0. The van der Waals surface area contributed by atoms with E-state index in [1.807, 2.05) is 0 Å². The van der Waals surface area contributed by atoms with E-state index < -0.39 is 125 Å². The minimum absolute atomic E-state index is 0.0192. The molecule has 2 unspecified atom stereocenters. The number of ketones is 1. The van der Waals surface area contributed by atoms with Gasteiger partial charge in [0, 0.05) is 43.6 Å². The number of carbonyl (C=O) groups excluding carboxylic acids is 6. The van der Waals surface area contributed by atoms with E-state index in [1.54, 1.807) is 74.5 Å². The van der Waals surface area contributed by atoms with E-state index in [-0.39, 0.29) is 43.0 Å². The Bertz CT molecular complexity index is 2470. The van der Waals surface area contributed by atoms with Crippen molar-refractivity contribution >= 4 is 35.8 Å². The number of unbranched alkanes of at least 4 members (excludes halogenated alkanes) is 14. The molecule has 4 N–H and O–H groups in total. The van der Waals surface area contributed by atoms with Crippen LogP contribution in [0.2, 0.25) is 0 Å². The molecule has 3 aliphatic carbocycles. The first-order chi connectivity index (χ1) is 38.2. The molecule has 4 fully saturated rings. The fourth-order valence-electron chi connectivity index (χ4n) is 13.1. The van der Waals surface area contributed by atoms with E-state index in [4.69, 9.17) is 37.9 Å². The van der Waals surface area contributed by atoms with Gasteiger partial charge in [0.05, 0.1) is 30.8 Å². The first kappa shape index (κ1) is 62.4. The lowest BCUT2D eigenvalue weighted by Crippen LogP contribution is -2.81. The number of carbonyl (C=O) groups is 6. The number of benzene rings is 2. The number of esters is 3. The zero-order chi connectivity index (χ0) is 57.8. The van der Waals surface area contributed by atoms with Crippen molar-refractivity contribution in [1.82, 2.24) is 5.32 Å². The van der Waals surface area contributed by atoms with Crippen LogP contribution in [-0.2, 0) is 57.1 Å². The van der Waals surface area contributed by atoms with E-state index in [0.29, 0.717) is 12.0 Å². The van der Waals surface area contributed by atoms with E-state index in [1.165, 1.54) is 90.9 Å². The highest BCUT2D eigenvalue weighted by molar-refractivity contribution is 5.96. The fourth-order valence-corrected chi connectivity index (χ4v) is 13.1. The van der Waals surface area contributed by atoms with Crippen molar-refractivity contribution in [1.29, 1.82) is 0 Å². The molecule has 5 aliphatic rings. The average Bonchev–Trinajstić information content (AvgIpc) is 3.97. The molecule has 442 valence electrons. The molecule has 80 heavy (non-hydrogen) atoms. The topological polar surface area (TPSA) is 249 Å². The van der Waals surface area contributed by atoms with Gasteiger partial charge in [0.25, 0.3) is 5.91 Å². The Hall–Kier alpha value is -5.24. The van der Waals surface area contributed by atoms with Crippen LogP contribution < -0.4 is 5.32 Å². The highest BCUT2D eigenvalue weighted by atomic mass is 16.8. The number of hydrogen-bond donors (Lipinski definition) is 4. The molecule has 1 amide bonds. The van der Waals surface area contributed by atoms with Gasteiger partial charge in [-0.2, -0.15) is 0 Å². The molecule has 0 aromatic heterocycles. The first-order valence-corrected chi connectivity index (χ1v) is 29.2. The summed E-state index contributed by atoms with van der Waals surface area (Å²) in [6.45, 7) is 10.0. The molecule has 13 atom stereocenters. The molecule has 2 heterocycles. The maximum absolute atomic E-state index is 15.4. The Morgan fingerprint density at radius 1 is 0.775 bits per heavy atom. The molecule has 2 aromatic carbocycles. The van der Waals surface area contributed by atoms with Crippen LogP contribution in [0.4, 0.5) is 4.79 Å². The number of amides is 1. The Kier molecular flexibility index (Phi) is 21.6. The van der Waals surface area contributed by atoms with Crippen LogP contribution in [0.3, 0.4) is 0 Å². The number of Topliss-reactive ketones (excluding diaryl/α,β-unsaturated/α-hetero) is 1. The van der Waals surface area contributed by atoms with Crippen LogP contribution >= 0.6 is 0 Å². The van der Waals surface area contributed by atoms with Crippen molar-refractivity contribution in [3.63, 3.8) is 0 Å². The third-order valence-corrected chi connectivity index (χ3v) is 17.7. The number of aliphatic hydroxyl groups is 3. The predicted molar refractivity (Wildman–Crippen MR) is 292 cm³/mol. The van der Waals surface area contributed by atoms with Gasteiger partial charge < -0.3 is 58.5 Å². The van der Waals surface area contributed by atoms with E-state index in [2.05, 4.69) is 12.2 Å². The van der Waals surface area contributed by atoms with Gasteiger partial charge in [-0.15, -0.1) is 0 Å². The number of rotatable bonds is 27. The standard InChI is InChI=1S/C62H87NO17/c1-8-9-10-11-12-13-14-15-16-17-18-19-20-21-28-33-48-73-36-44(77-48)37-74-58(71)79-52(50(42-29-24-22-25-30-42)63-56(69)43-31-26-23-27-32-43)57(70)78-45-35-62(72)55(68)53-60(7,46(66)34-47-61(53,38-75-47)80-41(4)65)54(67)51(76-40(3)64)49(39(45)2)59(62,5)6/h22-27,29-32,44-48,50-53,55,66,68,72H,8-21,28,33-38H2,1-7H3,(H,63,69)/t44-,45-,46-,47+,48?,50-,51+,52+,53?,55-,60+,61-,62+/m0/s1. The van der Waals surface area contributed by atoms with Gasteiger partial charge in [-0.05, 0) is 55.5 Å². The number of aliphatic hydroxyl groups excluding tert-OH is 2. The molecule has 2 saturated carbocycles. The third-order valence-electron chi connectivity index (χ3n) is 17.7.